The maximum Gasteiger partial charge on any atom is 0.262 e. The highest BCUT2D eigenvalue weighted by Gasteiger charge is 2.22. The molecule has 0 aliphatic heterocycles. The van der Waals surface area contributed by atoms with E-state index in [1.807, 2.05) is 12.1 Å². The second kappa shape index (κ2) is 7.29. The molecule has 0 unspecified atom stereocenters. The van der Waals surface area contributed by atoms with Gasteiger partial charge in [-0.15, -0.1) is 0 Å². The summed E-state index contributed by atoms with van der Waals surface area (Å²) in [6.07, 6.45) is 0. The largest absolute Gasteiger partial charge is 0.480 e. The Morgan fingerprint density at radius 1 is 1.09 bits per heavy atom. The van der Waals surface area contributed by atoms with Gasteiger partial charge in [-0.3, -0.25) is 4.79 Å². The molecule has 6 nitrogen and oxygen atoms in total. The van der Waals surface area contributed by atoms with E-state index < -0.39 is 5.91 Å². The minimum absolute atomic E-state index is 0.0467. The van der Waals surface area contributed by atoms with Gasteiger partial charge < -0.3 is 14.8 Å². The summed E-state index contributed by atoms with van der Waals surface area (Å²) in [6.45, 7) is 0.310. The number of benzene rings is 1. The molecule has 0 fully saturated rings. The fourth-order valence-corrected chi connectivity index (χ4v) is 2.04. The van der Waals surface area contributed by atoms with Crippen molar-refractivity contribution in [1.82, 2.24) is 15.3 Å². The molecule has 116 valence electrons. The van der Waals surface area contributed by atoms with Gasteiger partial charge >= 0.3 is 0 Å². The van der Waals surface area contributed by atoms with Crippen LogP contribution in [0.25, 0.3) is 0 Å². The third kappa shape index (κ3) is 3.78. The first-order chi connectivity index (χ1) is 10.5. The van der Waals surface area contributed by atoms with E-state index in [4.69, 9.17) is 32.7 Å². The molecule has 0 radical (unpaired) electrons. The molecule has 0 saturated heterocycles. The van der Waals surface area contributed by atoms with E-state index >= 15 is 0 Å². The van der Waals surface area contributed by atoms with E-state index in [2.05, 4.69) is 15.3 Å². The van der Waals surface area contributed by atoms with Crippen LogP contribution in [-0.2, 0) is 6.54 Å². The first-order valence-corrected chi connectivity index (χ1v) is 6.99. The van der Waals surface area contributed by atoms with Crippen LogP contribution in [0.3, 0.4) is 0 Å². The lowest BCUT2D eigenvalue weighted by molar-refractivity contribution is 0.0943. The molecule has 0 bridgehead atoms. The van der Waals surface area contributed by atoms with Gasteiger partial charge in [-0.2, -0.15) is 9.97 Å². The lowest BCUT2D eigenvalue weighted by Crippen LogP contribution is -2.24. The number of carbonyl (C=O) groups excluding carboxylic acids is 1. The van der Waals surface area contributed by atoms with Crippen LogP contribution < -0.4 is 14.8 Å². The van der Waals surface area contributed by atoms with Crippen LogP contribution in [-0.4, -0.2) is 30.1 Å². The summed E-state index contributed by atoms with van der Waals surface area (Å²) in [7, 11) is 2.77. The average Bonchev–Trinajstić information content (AvgIpc) is 2.53. The highest BCUT2D eigenvalue weighted by molar-refractivity contribution is 6.30. The van der Waals surface area contributed by atoms with Crippen molar-refractivity contribution in [1.29, 1.82) is 0 Å². The molecule has 2 rings (SSSR count). The summed E-state index contributed by atoms with van der Waals surface area (Å²) in [5.74, 6) is -0.337. The first kappa shape index (κ1) is 16.3. The van der Waals surface area contributed by atoms with Crippen molar-refractivity contribution in [2.45, 2.75) is 6.54 Å². The lowest BCUT2D eigenvalue weighted by Gasteiger charge is -2.11. The Bertz CT molecular complexity index is 653. The fourth-order valence-electron chi connectivity index (χ4n) is 1.76. The molecule has 8 heteroatoms. The van der Waals surface area contributed by atoms with Crippen molar-refractivity contribution < 1.29 is 14.3 Å². The molecule has 1 amide bonds. The minimum atomic E-state index is -0.430. The van der Waals surface area contributed by atoms with Gasteiger partial charge in [0.05, 0.1) is 14.2 Å². The molecular weight excluding hydrogens is 329 g/mol. The van der Waals surface area contributed by atoms with Crippen LogP contribution in [0.4, 0.5) is 0 Å². The van der Waals surface area contributed by atoms with Crippen LogP contribution in [0.15, 0.2) is 24.3 Å². The number of aromatic nitrogens is 2. The predicted molar refractivity (Wildman–Crippen MR) is 82.8 cm³/mol. The molecule has 0 aliphatic carbocycles. The molecule has 2 aromatic rings. The number of hydrogen-bond donors (Lipinski definition) is 1. The van der Waals surface area contributed by atoms with E-state index in [1.165, 1.54) is 14.2 Å². The maximum atomic E-state index is 12.3. The first-order valence-electron chi connectivity index (χ1n) is 6.23. The van der Waals surface area contributed by atoms with Gasteiger partial charge in [0, 0.05) is 11.6 Å². The van der Waals surface area contributed by atoms with E-state index in [0.29, 0.717) is 11.6 Å². The standard InChI is InChI=1S/C14H13Cl2N3O3/c1-21-12-10(13(22-2)19-14(16)18-12)11(20)17-7-8-3-5-9(15)6-4-8/h3-6H,7H2,1-2H3,(H,17,20). The Morgan fingerprint density at radius 3 is 2.14 bits per heavy atom. The zero-order valence-corrected chi connectivity index (χ0v) is 13.4. The highest BCUT2D eigenvalue weighted by atomic mass is 35.5. The number of nitrogens with one attached hydrogen (secondary N) is 1. The van der Waals surface area contributed by atoms with Crippen molar-refractivity contribution in [2.75, 3.05) is 14.2 Å². The van der Waals surface area contributed by atoms with Gasteiger partial charge in [0.2, 0.25) is 17.0 Å². The normalized spacial score (nSPS) is 10.2. The van der Waals surface area contributed by atoms with Crippen LogP contribution >= 0.6 is 23.2 Å². The molecule has 0 saturated carbocycles. The van der Waals surface area contributed by atoms with Crippen LogP contribution in [0, 0.1) is 0 Å². The summed E-state index contributed by atoms with van der Waals surface area (Å²) in [6, 6.07) is 7.12. The van der Waals surface area contributed by atoms with Crippen molar-refractivity contribution in [2.24, 2.45) is 0 Å². The number of carbonyl (C=O) groups is 1. The summed E-state index contributed by atoms with van der Waals surface area (Å²) >= 11 is 11.6. The Morgan fingerprint density at radius 2 is 1.64 bits per heavy atom. The molecule has 0 spiro atoms. The molecule has 1 N–H and O–H groups in total. The second-order valence-electron chi connectivity index (χ2n) is 4.20. The summed E-state index contributed by atoms with van der Waals surface area (Å²) < 4.78 is 10.1. The van der Waals surface area contributed by atoms with Gasteiger partial charge in [-0.25, -0.2) is 0 Å². The van der Waals surface area contributed by atoms with Crippen LogP contribution in [0.1, 0.15) is 15.9 Å². The summed E-state index contributed by atoms with van der Waals surface area (Å²) in [5.41, 5.74) is 0.980. The van der Waals surface area contributed by atoms with Gasteiger partial charge in [0.15, 0.2) is 5.56 Å². The monoisotopic (exact) mass is 341 g/mol. The number of ether oxygens (including phenoxy) is 2. The van der Waals surface area contributed by atoms with E-state index in [1.54, 1.807) is 12.1 Å². The highest BCUT2D eigenvalue weighted by Crippen LogP contribution is 2.26. The number of rotatable bonds is 5. The van der Waals surface area contributed by atoms with Gasteiger partial charge in [-0.1, -0.05) is 23.7 Å². The zero-order chi connectivity index (χ0) is 16.1. The van der Waals surface area contributed by atoms with Crippen LogP contribution in [0.2, 0.25) is 10.3 Å². The van der Waals surface area contributed by atoms with Gasteiger partial charge in [-0.05, 0) is 29.3 Å². The smallest absolute Gasteiger partial charge is 0.262 e. The molecule has 22 heavy (non-hydrogen) atoms. The van der Waals surface area contributed by atoms with E-state index in [-0.39, 0.29) is 22.6 Å². The topological polar surface area (TPSA) is 73.3 Å². The number of nitrogens with zero attached hydrogens (tertiary/aromatic N) is 2. The van der Waals surface area contributed by atoms with Gasteiger partial charge in [0.25, 0.3) is 5.91 Å². The quantitative estimate of drug-likeness (QED) is 0.846. The van der Waals surface area contributed by atoms with Crippen molar-refractivity contribution in [3.8, 4) is 11.8 Å². The Balaban J connectivity index is 2.20. The Labute approximate surface area is 137 Å². The summed E-state index contributed by atoms with van der Waals surface area (Å²) in [4.78, 5) is 20.1. The molecule has 1 aromatic carbocycles. The third-order valence-electron chi connectivity index (χ3n) is 2.80. The number of methoxy groups -OCH3 is 2. The Kier molecular flexibility index (Phi) is 5.41. The fraction of sp³-hybridized carbons (Fsp3) is 0.214. The average molecular weight is 342 g/mol. The summed E-state index contributed by atoms with van der Waals surface area (Å²) in [5, 5.41) is 3.30. The maximum absolute atomic E-state index is 12.3. The lowest BCUT2D eigenvalue weighted by atomic mass is 10.2. The molecule has 1 aromatic heterocycles. The molecule has 0 atom stereocenters. The number of hydrogen-bond acceptors (Lipinski definition) is 5. The molecule has 0 aliphatic rings. The third-order valence-corrected chi connectivity index (χ3v) is 3.22. The van der Waals surface area contributed by atoms with E-state index in [9.17, 15) is 4.79 Å². The zero-order valence-electron chi connectivity index (χ0n) is 11.9. The molecular formula is C14H13Cl2N3O3. The van der Waals surface area contributed by atoms with E-state index in [0.717, 1.165) is 5.56 Å². The second-order valence-corrected chi connectivity index (χ2v) is 4.97. The van der Waals surface area contributed by atoms with Crippen LogP contribution in [0.5, 0.6) is 11.8 Å². The number of amides is 1. The van der Waals surface area contributed by atoms with Crippen molar-refractivity contribution >= 4 is 29.1 Å². The van der Waals surface area contributed by atoms with Crippen molar-refractivity contribution in [3.05, 3.63) is 45.7 Å². The molecule has 1 heterocycles. The van der Waals surface area contributed by atoms with Gasteiger partial charge in [0.1, 0.15) is 0 Å². The Hall–Kier alpha value is -2.05. The SMILES string of the molecule is COc1nc(Cl)nc(OC)c1C(=O)NCc1ccc(Cl)cc1. The number of halogens is 2. The van der Waals surface area contributed by atoms with Crippen molar-refractivity contribution in [3.63, 3.8) is 0 Å². The predicted octanol–water partition coefficient (Wildman–Crippen LogP) is 2.73. The minimum Gasteiger partial charge on any atom is -0.480 e.